The second kappa shape index (κ2) is 5.74. The van der Waals surface area contributed by atoms with Gasteiger partial charge in [-0.05, 0) is 50.0 Å². The maximum Gasteiger partial charge on any atom is 0.242 e. The molecule has 2 fully saturated rings. The van der Waals surface area contributed by atoms with Gasteiger partial charge < -0.3 is 9.67 Å². The molecule has 2 saturated carbocycles. The average Bonchev–Trinajstić information content (AvgIpc) is 3.34. The van der Waals surface area contributed by atoms with Crippen LogP contribution in [0.2, 0.25) is 0 Å². The minimum Gasteiger partial charge on any atom is -0.390 e. The molecule has 0 spiro atoms. The Balaban J connectivity index is 1.80. The summed E-state index contributed by atoms with van der Waals surface area (Å²) in [6.07, 6.45) is 7.12. The van der Waals surface area contributed by atoms with Crippen LogP contribution in [0.4, 0.5) is 0 Å². The number of aromatic nitrogens is 1. The third kappa shape index (κ3) is 3.33. The third-order valence-electron chi connectivity index (χ3n) is 4.45. The van der Waals surface area contributed by atoms with Gasteiger partial charge in [0.15, 0.2) is 0 Å². The Labute approximate surface area is 126 Å². The van der Waals surface area contributed by atoms with Gasteiger partial charge in [-0.15, -0.1) is 0 Å². The molecule has 0 unspecified atom stereocenters. The van der Waals surface area contributed by atoms with Crippen molar-refractivity contribution in [3.05, 3.63) is 18.0 Å². The van der Waals surface area contributed by atoms with Gasteiger partial charge in [0.1, 0.15) is 0 Å². The van der Waals surface area contributed by atoms with Crippen LogP contribution in [0, 0.1) is 11.8 Å². The quantitative estimate of drug-likeness (QED) is 0.769. The highest BCUT2D eigenvalue weighted by Gasteiger charge is 2.43. The van der Waals surface area contributed by atoms with Crippen LogP contribution in [-0.2, 0) is 23.2 Å². The van der Waals surface area contributed by atoms with Crippen molar-refractivity contribution in [1.29, 1.82) is 0 Å². The molecule has 5 nitrogen and oxygen atoms in total. The lowest BCUT2D eigenvalue weighted by atomic mass is 10.1. The smallest absolute Gasteiger partial charge is 0.242 e. The highest BCUT2D eigenvalue weighted by atomic mass is 32.2. The van der Waals surface area contributed by atoms with E-state index >= 15 is 0 Å². The number of sulfonamides is 1. The van der Waals surface area contributed by atoms with E-state index in [0.717, 1.165) is 38.6 Å². The Morgan fingerprint density at radius 2 is 1.95 bits per heavy atom. The van der Waals surface area contributed by atoms with Crippen molar-refractivity contribution in [3.63, 3.8) is 0 Å². The average molecular weight is 312 g/mol. The van der Waals surface area contributed by atoms with Crippen LogP contribution in [0.25, 0.3) is 0 Å². The fourth-order valence-electron chi connectivity index (χ4n) is 2.99. The molecule has 0 amide bonds. The molecular weight excluding hydrogens is 288 g/mol. The van der Waals surface area contributed by atoms with Crippen LogP contribution >= 0.6 is 0 Å². The molecule has 2 aliphatic rings. The maximum absolute atomic E-state index is 12.6. The molecule has 0 bridgehead atoms. The number of nitrogens with zero attached hydrogens (tertiary/aromatic N) is 1. The molecule has 0 aromatic carbocycles. The number of aryl methyl sites for hydroxylation is 1. The van der Waals surface area contributed by atoms with Crippen molar-refractivity contribution in [2.24, 2.45) is 11.8 Å². The first-order valence-electron chi connectivity index (χ1n) is 7.87. The Morgan fingerprint density at radius 1 is 1.33 bits per heavy atom. The van der Waals surface area contributed by atoms with E-state index in [1.54, 1.807) is 12.3 Å². The first kappa shape index (κ1) is 15.1. The summed E-state index contributed by atoms with van der Waals surface area (Å²) in [6.45, 7) is 2.62. The van der Waals surface area contributed by atoms with E-state index in [0.29, 0.717) is 17.5 Å². The highest BCUT2D eigenvalue weighted by molar-refractivity contribution is 7.89. The predicted molar refractivity (Wildman–Crippen MR) is 80.2 cm³/mol. The van der Waals surface area contributed by atoms with Crippen LogP contribution in [0.3, 0.4) is 0 Å². The van der Waals surface area contributed by atoms with E-state index in [-0.39, 0.29) is 17.5 Å². The minimum absolute atomic E-state index is 0.113. The summed E-state index contributed by atoms with van der Waals surface area (Å²) in [5.41, 5.74) is 0.659. The first-order valence-corrected chi connectivity index (χ1v) is 9.35. The third-order valence-corrected chi connectivity index (χ3v) is 5.87. The van der Waals surface area contributed by atoms with Crippen LogP contribution in [-0.4, -0.2) is 24.1 Å². The summed E-state index contributed by atoms with van der Waals surface area (Å²) in [5.74, 6) is 1.06. The maximum atomic E-state index is 12.6. The standard InChI is InChI=1S/C15H24N2O3S/c1-2-7-17-9-14(8-13(17)10-18)21(19,20)16-15(11-3-4-11)12-5-6-12/h8-9,11-12,15-16,18H,2-7,10H2,1H3. The molecule has 118 valence electrons. The molecule has 0 radical (unpaired) electrons. The van der Waals surface area contributed by atoms with Crippen molar-refractivity contribution in [2.45, 2.75) is 63.1 Å². The zero-order chi connectivity index (χ0) is 15.0. The summed E-state index contributed by atoms with van der Waals surface area (Å²) in [6, 6.07) is 1.71. The lowest BCUT2D eigenvalue weighted by Crippen LogP contribution is -2.37. The first-order chi connectivity index (χ1) is 10.0. The van der Waals surface area contributed by atoms with Crippen LogP contribution in [0.1, 0.15) is 44.7 Å². The molecule has 0 atom stereocenters. The molecule has 0 aliphatic heterocycles. The normalized spacial score (nSPS) is 19.4. The van der Waals surface area contributed by atoms with Crippen molar-refractivity contribution in [2.75, 3.05) is 0 Å². The van der Waals surface area contributed by atoms with E-state index in [9.17, 15) is 13.5 Å². The van der Waals surface area contributed by atoms with Gasteiger partial charge in [-0.1, -0.05) is 6.92 Å². The Hall–Kier alpha value is -0.850. The largest absolute Gasteiger partial charge is 0.390 e. The number of nitrogens with one attached hydrogen (secondary N) is 1. The molecule has 6 heteroatoms. The van der Waals surface area contributed by atoms with E-state index < -0.39 is 10.0 Å². The number of hydrogen-bond donors (Lipinski definition) is 2. The second-order valence-electron chi connectivity index (χ2n) is 6.34. The molecular formula is C15H24N2O3S. The van der Waals surface area contributed by atoms with E-state index in [2.05, 4.69) is 4.72 Å². The van der Waals surface area contributed by atoms with Gasteiger partial charge >= 0.3 is 0 Å². The Bertz CT molecular complexity index is 588. The second-order valence-corrected chi connectivity index (χ2v) is 8.05. The van der Waals surface area contributed by atoms with E-state index in [1.165, 1.54) is 0 Å². The minimum atomic E-state index is -3.48. The fourth-order valence-corrected chi connectivity index (χ4v) is 4.43. The van der Waals surface area contributed by atoms with Crippen molar-refractivity contribution in [1.82, 2.24) is 9.29 Å². The summed E-state index contributed by atoms with van der Waals surface area (Å²) in [4.78, 5) is 0.284. The zero-order valence-corrected chi connectivity index (χ0v) is 13.3. The number of rotatable bonds is 8. The molecule has 1 aromatic heterocycles. The lowest BCUT2D eigenvalue weighted by Gasteiger charge is -2.17. The van der Waals surface area contributed by atoms with Crippen LogP contribution < -0.4 is 4.72 Å². The van der Waals surface area contributed by atoms with E-state index in [1.807, 2.05) is 11.5 Å². The lowest BCUT2D eigenvalue weighted by molar-refractivity contribution is 0.270. The van der Waals surface area contributed by atoms with Gasteiger partial charge in [-0.3, -0.25) is 0 Å². The molecule has 2 aliphatic carbocycles. The predicted octanol–water partition coefficient (Wildman–Crippen LogP) is 1.86. The highest BCUT2D eigenvalue weighted by Crippen LogP contribution is 2.45. The molecule has 3 rings (SSSR count). The monoisotopic (exact) mass is 312 g/mol. The molecule has 1 aromatic rings. The fraction of sp³-hybridized carbons (Fsp3) is 0.733. The van der Waals surface area contributed by atoms with Crippen LogP contribution in [0.5, 0.6) is 0 Å². The van der Waals surface area contributed by atoms with Gasteiger partial charge in [0.2, 0.25) is 10.0 Å². The number of aliphatic hydroxyl groups excluding tert-OH is 1. The summed E-state index contributed by atoms with van der Waals surface area (Å²) in [5, 5.41) is 9.37. The topological polar surface area (TPSA) is 71.3 Å². The summed E-state index contributed by atoms with van der Waals surface area (Å²) >= 11 is 0. The Morgan fingerprint density at radius 3 is 2.43 bits per heavy atom. The van der Waals surface area contributed by atoms with E-state index in [4.69, 9.17) is 0 Å². The van der Waals surface area contributed by atoms with Crippen molar-refractivity contribution >= 4 is 10.0 Å². The number of aliphatic hydroxyl groups is 1. The van der Waals surface area contributed by atoms with Gasteiger partial charge in [-0.25, -0.2) is 13.1 Å². The molecule has 1 heterocycles. The van der Waals surface area contributed by atoms with Gasteiger partial charge in [-0.2, -0.15) is 0 Å². The molecule has 21 heavy (non-hydrogen) atoms. The van der Waals surface area contributed by atoms with Crippen molar-refractivity contribution < 1.29 is 13.5 Å². The zero-order valence-electron chi connectivity index (χ0n) is 12.5. The SMILES string of the molecule is CCCn1cc(S(=O)(=O)NC(C2CC2)C2CC2)cc1CO. The van der Waals surface area contributed by atoms with Crippen molar-refractivity contribution in [3.8, 4) is 0 Å². The summed E-state index contributed by atoms with van der Waals surface area (Å²) < 4.78 is 29.9. The van der Waals surface area contributed by atoms with Crippen LogP contribution in [0.15, 0.2) is 17.2 Å². The number of hydrogen-bond acceptors (Lipinski definition) is 3. The van der Waals surface area contributed by atoms with Gasteiger partial charge in [0, 0.05) is 24.5 Å². The molecule has 0 saturated heterocycles. The Kier molecular flexibility index (Phi) is 4.12. The van der Waals surface area contributed by atoms with Gasteiger partial charge in [0.25, 0.3) is 0 Å². The summed E-state index contributed by atoms with van der Waals surface area (Å²) in [7, 11) is -3.48. The molecule has 2 N–H and O–H groups in total. The van der Waals surface area contributed by atoms with Gasteiger partial charge in [0.05, 0.1) is 11.5 Å².